The number of amides is 1. The number of benzene rings is 2. The average Bonchev–Trinajstić information content (AvgIpc) is 2.87. The molecule has 0 bridgehead atoms. The highest BCUT2D eigenvalue weighted by Gasteiger charge is 2.31. The number of halogens is 4. The number of para-hydroxylation sites is 2. The highest BCUT2D eigenvalue weighted by molar-refractivity contribution is 6.33. The third kappa shape index (κ3) is 3.71. The summed E-state index contributed by atoms with van der Waals surface area (Å²) in [6, 6.07) is 10.2. The van der Waals surface area contributed by atoms with Crippen LogP contribution in [0.25, 0.3) is 11.0 Å². The summed E-state index contributed by atoms with van der Waals surface area (Å²) in [6.07, 6.45) is -4.53. The van der Waals surface area contributed by atoms with Gasteiger partial charge in [-0.1, -0.05) is 23.7 Å². The molecular formula is C18H17ClF3N4O+. The number of hydrogen-bond acceptors (Lipinski definition) is 2. The second kappa shape index (κ2) is 7.11. The third-order valence-corrected chi connectivity index (χ3v) is 4.53. The normalized spacial score (nSPS) is 11.7. The molecule has 3 aromatic rings. The van der Waals surface area contributed by atoms with Gasteiger partial charge in [-0.3, -0.25) is 10.5 Å². The summed E-state index contributed by atoms with van der Waals surface area (Å²) in [5.41, 5.74) is 6.77. The summed E-state index contributed by atoms with van der Waals surface area (Å²) in [6.45, 7) is 2.38. The number of rotatable bonds is 4. The molecule has 3 rings (SSSR count). The topological polar surface area (TPSA) is 63.9 Å². The molecule has 0 spiro atoms. The van der Waals surface area contributed by atoms with Gasteiger partial charge in [-0.05, 0) is 37.3 Å². The maximum absolute atomic E-state index is 12.9. The summed E-state index contributed by atoms with van der Waals surface area (Å²) in [7, 11) is 0. The lowest BCUT2D eigenvalue weighted by molar-refractivity contribution is -0.643. The third-order valence-electron chi connectivity index (χ3n) is 4.20. The quantitative estimate of drug-likeness (QED) is 0.657. The van der Waals surface area contributed by atoms with Crippen LogP contribution < -0.4 is 15.6 Å². The van der Waals surface area contributed by atoms with E-state index >= 15 is 0 Å². The Kier molecular flexibility index (Phi) is 5.01. The minimum absolute atomic E-state index is 0.0188. The Labute approximate surface area is 158 Å². The van der Waals surface area contributed by atoms with Crippen LogP contribution in [-0.2, 0) is 24.1 Å². The second-order valence-corrected chi connectivity index (χ2v) is 6.33. The molecule has 3 N–H and O–H groups in total. The zero-order valence-corrected chi connectivity index (χ0v) is 15.1. The van der Waals surface area contributed by atoms with E-state index < -0.39 is 17.6 Å². The van der Waals surface area contributed by atoms with Crippen molar-refractivity contribution >= 4 is 40.2 Å². The molecule has 1 aromatic heterocycles. The fourth-order valence-electron chi connectivity index (χ4n) is 2.94. The minimum atomic E-state index is -4.53. The van der Waals surface area contributed by atoms with Crippen molar-refractivity contribution in [2.75, 3.05) is 11.1 Å². The smallest absolute Gasteiger partial charge is 0.322 e. The molecule has 9 heteroatoms. The molecule has 2 aromatic carbocycles. The van der Waals surface area contributed by atoms with Crippen LogP contribution in [0.5, 0.6) is 0 Å². The van der Waals surface area contributed by atoms with E-state index in [9.17, 15) is 18.0 Å². The number of carbonyl (C=O) groups is 1. The fraction of sp³-hybridized carbons (Fsp3) is 0.222. The van der Waals surface area contributed by atoms with E-state index in [1.165, 1.54) is 0 Å². The van der Waals surface area contributed by atoms with Gasteiger partial charge in [-0.2, -0.15) is 13.2 Å². The monoisotopic (exact) mass is 397 g/mol. The Morgan fingerprint density at radius 3 is 2.63 bits per heavy atom. The predicted octanol–water partition coefficient (Wildman–Crippen LogP) is 3.84. The molecule has 0 aliphatic heterocycles. The van der Waals surface area contributed by atoms with Gasteiger partial charge < -0.3 is 5.32 Å². The zero-order chi connectivity index (χ0) is 19.8. The van der Waals surface area contributed by atoms with Crippen molar-refractivity contribution in [2.24, 2.45) is 0 Å². The molecule has 0 saturated carbocycles. The minimum Gasteiger partial charge on any atom is -0.322 e. The number of nitrogen functional groups attached to an aromatic ring is 1. The van der Waals surface area contributed by atoms with E-state index in [-0.39, 0.29) is 17.3 Å². The molecule has 0 unspecified atom stereocenters. The van der Waals surface area contributed by atoms with Gasteiger partial charge >= 0.3 is 12.1 Å². The first kappa shape index (κ1) is 19.0. The summed E-state index contributed by atoms with van der Waals surface area (Å²) in [4.78, 5) is 12.5. The fourth-order valence-corrected chi connectivity index (χ4v) is 3.11. The summed E-state index contributed by atoms with van der Waals surface area (Å²) < 4.78 is 42.1. The number of nitrogens with two attached hydrogens (primary N) is 1. The van der Waals surface area contributed by atoms with Crippen molar-refractivity contribution < 1.29 is 22.5 Å². The predicted molar refractivity (Wildman–Crippen MR) is 97.3 cm³/mol. The van der Waals surface area contributed by atoms with E-state index in [4.69, 9.17) is 17.3 Å². The van der Waals surface area contributed by atoms with Crippen LogP contribution in [0, 0.1) is 0 Å². The molecule has 0 fully saturated rings. The number of nitrogens with one attached hydrogen (secondary N) is 1. The lowest BCUT2D eigenvalue weighted by Gasteiger charge is -2.11. The number of nitrogens with zero attached hydrogens (tertiary/aromatic N) is 2. The highest BCUT2D eigenvalue weighted by Crippen LogP contribution is 2.33. The average molecular weight is 398 g/mol. The maximum Gasteiger partial charge on any atom is 0.416 e. The first-order valence-corrected chi connectivity index (χ1v) is 8.53. The summed E-state index contributed by atoms with van der Waals surface area (Å²) in [5, 5.41) is 2.45. The molecule has 0 atom stereocenters. The number of alkyl halides is 3. The number of imidazole rings is 1. The van der Waals surface area contributed by atoms with Crippen molar-refractivity contribution in [3.05, 3.63) is 53.1 Å². The maximum atomic E-state index is 12.9. The van der Waals surface area contributed by atoms with Crippen LogP contribution >= 0.6 is 11.6 Å². The Morgan fingerprint density at radius 1 is 1.26 bits per heavy atom. The van der Waals surface area contributed by atoms with Gasteiger partial charge in [0.05, 0.1) is 22.8 Å². The van der Waals surface area contributed by atoms with Crippen molar-refractivity contribution in [2.45, 2.75) is 26.2 Å². The Balaban J connectivity index is 1.90. The van der Waals surface area contributed by atoms with Gasteiger partial charge in [0, 0.05) is 0 Å². The standard InChI is InChI=1S/C18H16ClF3N4O/c1-2-25-14-5-3-4-6-15(14)26(17(25)23)10-16(27)24-13-9-11(18(20,21)22)7-8-12(13)19/h3-9,23H,2,10H2,1H3,(H,24,27)/p+1. The molecule has 27 heavy (non-hydrogen) atoms. The largest absolute Gasteiger partial charge is 0.416 e. The molecule has 1 amide bonds. The molecule has 1 heterocycles. The van der Waals surface area contributed by atoms with Crippen molar-refractivity contribution in [3.8, 4) is 0 Å². The number of hydrogen-bond donors (Lipinski definition) is 2. The van der Waals surface area contributed by atoms with Crippen LogP contribution in [0.15, 0.2) is 42.5 Å². The van der Waals surface area contributed by atoms with Crippen LogP contribution in [0.3, 0.4) is 0 Å². The lowest BCUT2D eigenvalue weighted by Crippen LogP contribution is -2.42. The number of aryl methyl sites for hydroxylation is 1. The van der Waals surface area contributed by atoms with Crippen molar-refractivity contribution in [1.82, 2.24) is 4.57 Å². The van der Waals surface area contributed by atoms with Crippen molar-refractivity contribution in [3.63, 3.8) is 0 Å². The van der Waals surface area contributed by atoms with Gasteiger partial charge in [0.25, 0.3) is 5.91 Å². The van der Waals surface area contributed by atoms with E-state index in [0.717, 1.165) is 29.2 Å². The first-order chi connectivity index (χ1) is 12.7. The highest BCUT2D eigenvalue weighted by atomic mass is 35.5. The lowest BCUT2D eigenvalue weighted by atomic mass is 10.2. The summed E-state index contributed by atoms with van der Waals surface area (Å²) in [5.74, 6) is -0.157. The van der Waals surface area contributed by atoms with Gasteiger partial charge in [0.2, 0.25) is 0 Å². The molecule has 0 aliphatic rings. The zero-order valence-electron chi connectivity index (χ0n) is 14.3. The Morgan fingerprint density at radius 2 is 1.96 bits per heavy atom. The van der Waals surface area contributed by atoms with E-state index in [1.54, 1.807) is 4.57 Å². The van der Waals surface area contributed by atoms with Crippen LogP contribution in [0.2, 0.25) is 5.02 Å². The molecule has 142 valence electrons. The second-order valence-electron chi connectivity index (χ2n) is 5.92. The van der Waals surface area contributed by atoms with Gasteiger partial charge in [-0.25, -0.2) is 9.13 Å². The van der Waals surface area contributed by atoms with Gasteiger partial charge in [0.15, 0.2) is 6.54 Å². The number of carbonyl (C=O) groups excluding carboxylic acids is 1. The van der Waals surface area contributed by atoms with Crippen LogP contribution in [0.4, 0.5) is 24.8 Å². The Bertz CT molecular complexity index is 1010. The number of aromatic nitrogens is 2. The van der Waals surface area contributed by atoms with E-state index in [1.807, 2.05) is 35.8 Å². The molecular weight excluding hydrogens is 381 g/mol. The van der Waals surface area contributed by atoms with Crippen LogP contribution in [0.1, 0.15) is 12.5 Å². The number of fused-ring (bicyclic) bond motifs is 1. The number of anilines is 2. The van der Waals surface area contributed by atoms with Gasteiger partial charge in [-0.15, -0.1) is 0 Å². The SMILES string of the molecule is CCn1c(N)[n+](CC(=O)Nc2cc(C(F)(F)F)ccc2Cl)c2ccccc21. The molecule has 0 radical (unpaired) electrons. The van der Waals surface area contributed by atoms with E-state index in [2.05, 4.69) is 5.32 Å². The molecule has 0 saturated heterocycles. The first-order valence-electron chi connectivity index (χ1n) is 8.15. The Hall–Kier alpha value is -2.74. The van der Waals surface area contributed by atoms with Crippen molar-refractivity contribution in [1.29, 1.82) is 0 Å². The van der Waals surface area contributed by atoms with E-state index in [0.29, 0.717) is 12.5 Å². The summed E-state index contributed by atoms with van der Waals surface area (Å²) >= 11 is 5.93. The van der Waals surface area contributed by atoms with Gasteiger partial charge in [0.1, 0.15) is 11.0 Å². The van der Waals surface area contributed by atoms with Crippen LogP contribution in [-0.4, -0.2) is 10.5 Å². The molecule has 5 nitrogen and oxygen atoms in total. The molecule has 0 aliphatic carbocycles.